The second-order valence-electron chi connectivity index (χ2n) is 3.22. The SMILES string of the molecule is NCC#Cc1ccc(C#CCCCCN)o1. The molecule has 0 amide bonds. The van der Waals surface area contributed by atoms with E-state index in [2.05, 4.69) is 23.7 Å². The molecular formula is C13H16N2O. The van der Waals surface area contributed by atoms with Crippen LogP contribution in [0.3, 0.4) is 0 Å². The molecule has 0 aromatic carbocycles. The second kappa shape index (κ2) is 7.59. The molecule has 0 saturated heterocycles. The fraction of sp³-hybridized carbons (Fsp3) is 0.385. The van der Waals surface area contributed by atoms with Crippen molar-refractivity contribution in [3.8, 4) is 23.7 Å². The van der Waals surface area contributed by atoms with Gasteiger partial charge in [-0.3, -0.25) is 0 Å². The molecule has 0 aliphatic heterocycles. The summed E-state index contributed by atoms with van der Waals surface area (Å²) >= 11 is 0. The van der Waals surface area contributed by atoms with Crippen LogP contribution in [0.5, 0.6) is 0 Å². The van der Waals surface area contributed by atoms with E-state index in [4.69, 9.17) is 15.9 Å². The summed E-state index contributed by atoms with van der Waals surface area (Å²) in [6.45, 7) is 1.06. The van der Waals surface area contributed by atoms with Gasteiger partial charge in [0.15, 0.2) is 11.5 Å². The zero-order chi connectivity index (χ0) is 11.6. The standard InChI is InChI=1S/C13H16N2O/c14-10-4-2-1-3-6-12-8-9-13(16-12)7-5-11-15/h8-9H,1-2,4,10-11,14-15H2. The van der Waals surface area contributed by atoms with E-state index in [0.717, 1.165) is 25.8 Å². The van der Waals surface area contributed by atoms with Crippen LogP contribution in [-0.2, 0) is 0 Å². The van der Waals surface area contributed by atoms with Crippen LogP contribution in [-0.4, -0.2) is 13.1 Å². The summed E-state index contributed by atoms with van der Waals surface area (Å²) in [5.41, 5.74) is 10.6. The van der Waals surface area contributed by atoms with E-state index in [9.17, 15) is 0 Å². The highest BCUT2D eigenvalue weighted by Crippen LogP contribution is 2.04. The molecule has 16 heavy (non-hydrogen) atoms. The summed E-state index contributed by atoms with van der Waals surface area (Å²) in [4.78, 5) is 0. The number of nitrogens with two attached hydrogens (primary N) is 2. The molecule has 1 rings (SSSR count). The maximum Gasteiger partial charge on any atom is 0.178 e. The zero-order valence-corrected chi connectivity index (χ0v) is 9.25. The van der Waals surface area contributed by atoms with E-state index >= 15 is 0 Å². The third-order valence-corrected chi connectivity index (χ3v) is 1.89. The predicted molar refractivity (Wildman–Crippen MR) is 64.4 cm³/mol. The maximum absolute atomic E-state index is 5.38. The lowest BCUT2D eigenvalue weighted by molar-refractivity contribution is 0.542. The van der Waals surface area contributed by atoms with Gasteiger partial charge >= 0.3 is 0 Å². The Bertz CT molecular complexity index is 426. The highest BCUT2D eigenvalue weighted by atomic mass is 16.3. The van der Waals surface area contributed by atoms with Crippen LogP contribution in [0.25, 0.3) is 0 Å². The van der Waals surface area contributed by atoms with Gasteiger partial charge in [-0.2, -0.15) is 0 Å². The van der Waals surface area contributed by atoms with Crippen molar-refractivity contribution in [1.29, 1.82) is 0 Å². The van der Waals surface area contributed by atoms with Gasteiger partial charge < -0.3 is 15.9 Å². The van der Waals surface area contributed by atoms with Crippen molar-refractivity contribution in [3.05, 3.63) is 23.7 Å². The smallest absolute Gasteiger partial charge is 0.178 e. The van der Waals surface area contributed by atoms with Crippen LogP contribution >= 0.6 is 0 Å². The minimum Gasteiger partial charge on any atom is -0.439 e. The van der Waals surface area contributed by atoms with Gasteiger partial charge in [0, 0.05) is 6.42 Å². The zero-order valence-electron chi connectivity index (χ0n) is 9.25. The van der Waals surface area contributed by atoms with Crippen molar-refractivity contribution in [2.24, 2.45) is 11.5 Å². The highest BCUT2D eigenvalue weighted by molar-refractivity contribution is 5.32. The molecular weight excluding hydrogens is 200 g/mol. The Morgan fingerprint density at radius 1 is 1.00 bits per heavy atom. The molecule has 84 valence electrons. The summed E-state index contributed by atoms with van der Waals surface area (Å²) in [5.74, 6) is 12.8. The molecule has 1 aromatic rings. The van der Waals surface area contributed by atoms with Gasteiger partial charge in [-0.25, -0.2) is 0 Å². The lowest BCUT2D eigenvalue weighted by atomic mass is 10.2. The van der Waals surface area contributed by atoms with Crippen molar-refractivity contribution in [1.82, 2.24) is 0 Å². The molecule has 0 spiro atoms. The normalized spacial score (nSPS) is 8.88. The first kappa shape index (κ1) is 12.4. The molecule has 0 unspecified atom stereocenters. The van der Waals surface area contributed by atoms with Crippen LogP contribution in [0.1, 0.15) is 30.8 Å². The van der Waals surface area contributed by atoms with Crippen molar-refractivity contribution in [2.45, 2.75) is 19.3 Å². The van der Waals surface area contributed by atoms with Crippen LogP contribution in [0, 0.1) is 23.7 Å². The molecule has 0 aliphatic carbocycles. The number of unbranched alkanes of at least 4 members (excludes halogenated alkanes) is 2. The van der Waals surface area contributed by atoms with Crippen LogP contribution in [0.2, 0.25) is 0 Å². The molecule has 0 bridgehead atoms. The lowest BCUT2D eigenvalue weighted by Gasteiger charge is -1.88. The van der Waals surface area contributed by atoms with E-state index in [1.807, 2.05) is 6.07 Å². The molecule has 4 N–H and O–H groups in total. The van der Waals surface area contributed by atoms with E-state index in [-0.39, 0.29) is 0 Å². The minimum atomic E-state index is 0.334. The van der Waals surface area contributed by atoms with E-state index in [0.29, 0.717) is 18.1 Å². The van der Waals surface area contributed by atoms with Crippen LogP contribution < -0.4 is 11.5 Å². The van der Waals surface area contributed by atoms with E-state index in [1.165, 1.54) is 0 Å². The van der Waals surface area contributed by atoms with Crippen molar-refractivity contribution >= 4 is 0 Å². The number of rotatable bonds is 3. The summed E-state index contributed by atoms with van der Waals surface area (Å²) in [6, 6.07) is 3.61. The minimum absolute atomic E-state index is 0.334. The Hall–Kier alpha value is -1.68. The van der Waals surface area contributed by atoms with Gasteiger partial charge in [-0.1, -0.05) is 11.8 Å². The summed E-state index contributed by atoms with van der Waals surface area (Å²) in [5, 5.41) is 0. The molecule has 0 aliphatic rings. The van der Waals surface area contributed by atoms with Crippen LogP contribution in [0.4, 0.5) is 0 Å². The Labute approximate surface area is 96.2 Å². The largest absolute Gasteiger partial charge is 0.439 e. The molecule has 0 saturated carbocycles. The van der Waals surface area contributed by atoms with Gasteiger partial charge in [-0.15, -0.1) is 0 Å². The van der Waals surface area contributed by atoms with Crippen molar-refractivity contribution in [3.63, 3.8) is 0 Å². The Kier molecular flexibility index (Phi) is 5.88. The third kappa shape index (κ3) is 4.70. The first-order chi connectivity index (χ1) is 7.86. The van der Waals surface area contributed by atoms with Crippen molar-refractivity contribution < 1.29 is 4.42 Å². The molecule has 0 atom stereocenters. The fourth-order valence-electron chi connectivity index (χ4n) is 1.12. The average Bonchev–Trinajstić information content (AvgIpc) is 2.74. The summed E-state index contributed by atoms with van der Waals surface area (Å²) in [6.07, 6.45) is 2.89. The highest BCUT2D eigenvalue weighted by Gasteiger charge is 1.94. The first-order valence-electron chi connectivity index (χ1n) is 5.34. The average molecular weight is 216 g/mol. The van der Waals surface area contributed by atoms with Gasteiger partial charge in [-0.05, 0) is 43.4 Å². The topological polar surface area (TPSA) is 65.2 Å². The molecule has 0 radical (unpaired) electrons. The lowest BCUT2D eigenvalue weighted by Crippen LogP contribution is -1.96. The van der Waals surface area contributed by atoms with Gasteiger partial charge in [0.05, 0.1) is 6.54 Å². The fourth-order valence-corrected chi connectivity index (χ4v) is 1.12. The van der Waals surface area contributed by atoms with Gasteiger partial charge in [0.2, 0.25) is 0 Å². The maximum atomic E-state index is 5.38. The number of furan rings is 1. The Morgan fingerprint density at radius 3 is 2.31 bits per heavy atom. The van der Waals surface area contributed by atoms with E-state index < -0.39 is 0 Å². The summed E-state index contributed by atoms with van der Waals surface area (Å²) in [7, 11) is 0. The molecule has 0 fully saturated rings. The molecule has 1 aromatic heterocycles. The molecule has 3 nitrogen and oxygen atoms in total. The Balaban J connectivity index is 2.45. The number of hydrogen-bond acceptors (Lipinski definition) is 3. The number of hydrogen-bond donors (Lipinski definition) is 2. The predicted octanol–water partition coefficient (Wildman–Crippen LogP) is 1.07. The first-order valence-corrected chi connectivity index (χ1v) is 5.34. The van der Waals surface area contributed by atoms with Crippen LogP contribution in [0.15, 0.2) is 16.5 Å². The quantitative estimate of drug-likeness (QED) is 0.586. The Morgan fingerprint density at radius 2 is 1.69 bits per heavy atom. The molecule has 3 heteroatoms. The monoisotopic (exact) mass is 216 g/mol. The second-order valence-corrected chi connectivity index (χ2v) is 3.22. The molecule has 1 heterocycles. The van der Waals surface area contributed by atoms with Gasteiger partial charge in [0.1, 0.15) is 0 Å². The third-order valence-electron chi connectivity index (χ3n) is 1.89. The van der Waals surface area contributed by atoms with E-state index in [1.54, 1.807) is 6.07 Å². The van der Waals surface area contributed by atoms with Gasteiger partial charge in [0.25, 0.3) is 0 Å². The summed E-state index contributed by atoms with van der Waals surface area (Å²) < 4.78 is 5.36. The van der Waals surface area contributed by atoms with Crippen molar-refractivity contribution in [2.75, 3.05) is 13.1 Å².